The first kappa shape index (κ1) is 31.1. The van der Waals surface area contributed by atoms with Gasteiger partial charge in [-0.25, -0.2) is 0 Å². The molecule has 0 saturated heterocycles. The highest BCUT2D eigenvalue weighted by Crippen LogP contribution is 2.35. The summed E-state index contributed by atoms with van der Waals surface area (Å²) in [6, 6.07) is 52.3. The largest absolute Gasteiger partial charge is 0.456 e. The van der Waals surface area contributed by atoms with Crippen molar-refractivity contribution in [3.05, 3.63) is 187 Å². The molecule has 2 heterocycles. The maximum atomic E-state index is 6.13. The zero-order chi connectivity index (χ0) is 32.6. The standard InChI is InChI=1S/C26H21NO.C12H10.C7H8/c1-4-9-23-19(5-2)20-11-6-7-13-24(20)27(23)18-14-15-25-22(16-18)21-12-8-10-17(3)26(21)28-25;1-3-7-11(8-4-1)12-9-5-2-6-10-12;1-7-5-3-2-4-6-7/h4-16H,2H2,1,3H3;1-10H;2-6H,1H3/b9-4-;;. The minimum Gasteiger partial charge on any atom is -0.456 e. The third-order valence-electron chi connectivity index (χ3n) is 8.24. The molecule has 0 saturated carbocycles. The number of hydrogen-bond acceptors (Lipinski definition) is 1. The van der Waals surface area contributed by atoms with Crippen molar-refractivity contribution < 1.29 is 4.42 Å². The fraction of sp³-hybridized carbons (Fsp3) is 0.0667. The minimum absolute atomic E-state index is 0.918. The van der Waals surface area contributed by atoms with Gasteiger partial charge in [-0.05, 0) is 67.8 Å². The molecule has 2 aromatic heterocycles. The Morgan fingerprint density at radius 1 is 0.596 bits per heavy atom. The topological polar surface area (TPSA) is 18.1 Å². The van der Waals surface area contributed by atoms with Crippen molar-refractivity contribution in [2.24, 2.45) is 0 Å². The Morgan fingerprint density at radius 2 is 1.19 bits per heavy atom. The van der Waals surface area contributed by atoms with Gasteiger partial charge in [0.05, 0.1) is 11.2 Å². The molecule has 0 fully saturated rings. The molecule has 2 nitrogen and oxygen atoms in total. The second kappa shape index (κ2) is 14.5. The van der Waals surface area contributed by atoms with E-state index < -0.39 is 0 Å². The fourth-order valence-corrected chi connectivity index (χ4v) is 5.96. The Bertz CT molecular complexity index is 2230. The van der Waals surface area contributed by atoms with E-state index >= 15 is 0 Å². The average Bonchev–Trinajstić information content (AvgIpc) is 3.66. The quantitative estimate of drug-likeness (QED) is 0.194. The Balaban J connectivity index is 0.000000166. The Labute approximate surface area is 277 Å². The van der Waals surface area contributed by atoms with Crippen LogP contribution in [0, 0.1) is 13.8 Å². The van der Waals surface area contributed by atoms with Crippen molar-refractivity contribution in [2.75, 3.05) is 0 Å². The van der Waals surface area contributed by atoms with Crippen molar-refractivity contribution in [3.63, 3.8) is 0 Å². The van der Waals surface area contributed by atoms with Crippen molar-refractivity contribution in [1.29, 1.82) is 0 Å². The highest BCUT2D eigenvalue weighted by molar-refractivity contribution is 6.07. The zero-order valence-electron chi connectivity index (χ0n) is 27.2. The molecule has 6 aromatic carbocycles. The maximum absolute atomic E-state index is 6.13. The fourth-order valence-electron chi connectivity index (χ4n) is 5.96. The number of rotatable bonds is 4. The van der Waals surface area contributed by atoms with Crippen LogP contribution in [-0.2, 0) is 0 Å². The van der Waals surface area contributed by atoms with E-state index in [0.717, 1.165) is 44.4 Å². The molecule has 0 radical (unpaired) electrons. The smallest absolute Gasteiger partial charge is 0.138 e. The van der Waals surface area contributed by atoms with Gasteiger partial charge in [0.25, 0.3) is 0 Å². The van der Waals surface area contributed by atoms with Crippen LogP contribution in [0.2, 0.25) is 0 Å². The number of aryl methyl sites for hydroxylation is 2. The van der Waals surface area contributed by atoms with Gasteiger partial charge in [0.1, 0.15) is 11.2 Å². The van der Waals surface area contributed by atoms with E-state index in [-0.39, 0.29) is 0 Å². The molecule has 230 valence electrons. The Hall–Kier alpha value is -5.86. The molecule has 0 amide bonds. The van der Waals surface area contributed by atoms with Crippen molar-refractivity contribution in [1.82, 2.24) is 4.57 Å². The molecule has 0 aliphatic rings. The van der Waals surface area contributed by atoms with Gasteiger partial charge in [-0.15, -0.1) is 0 Å². The van der Waals surface area contributed by atoms with Gasteiger partial charge in [-0.3, -0.25) is 0 Å². The van der Waals surface area contributed by atoms with Crippen molar-refractivity contribution >= 4 is 45.0 Å². The number of para-hydroxylation sites is 2. The van der Waals surface area contributed by atoms with E-state index in [1.807, 2.05) is 43.3 Å². The number of allylic oxidation sites excluding steroid dienone is 1. The summed E-state index contributed by atoms with van der Waals surface area (Å²) in [7, 11) is 0. The van der Waals surface area contributed by atoms with E-state index in [0.29, 0.717) is 0 Å². The predicted molar refractivity (Wildman–Crippen MR) is 203 cm³/mol. The number of benzene rings is 6. The molecule has 0 N–H and O–H groups in total. The van der Waals surface area contributed by atoms with Gasteiger partial charge in [0.15, 0.2) is 0 Å². The summed E-state index contributed by atoms with van der Waals surface area (Å²) in [6.07, 6.45) is 6.18. The van der Waals surface area contributed by atoms with Crippen LogP contribution in [0.3, 0.4) is 0 Å². The molecule has 2 heteroatoms. The van der Waals surface area contributed by atoms with Gasteiger partial charge in [0.2, 0.25) is 0 Å². The summed E-state index contributed by atoms with van der Waals surface area (Å²) in [5, 5.41) is 3.50. The SMILES string of the molecule is C=Cc1c(/C=C\C)n(-c2ccc3oc4c(C)cccc4c3c2)c2ccccc12.Cc1ccccc1.c1ccc(-c2ccccc2)cc1. The van der Waals surface area contributed by atoms with Gasteiger partial charge in [0, 0.05) is 27.4 Å². The van der Waals surface area contributed by atoms with Crippen LogP contribution < -0.4 is 0 Å². The number of hydrogen-bond donors (Lipinski definition) is 0. The first-order chi connectivity index (χ1) is 23.1. The second-order valence-electron chi connectivity index (χ2n) is 11.5. The molecule has 8 rings (SSSR count). The molecular formula is C45H39NO. The lowest BCUT2D eigenvalue weighted by Gasteiger charge is -2.09. The van der Waals surface area contributed by atoms with Gasteiger partial charge < -0.3 is 8.98 Å². The number of aromatic nitrogens is 1. The average molecular weight is 610 g/mol. The molecule has 0 bridgehead atoms. The summed E-state index contributed by atoms with van der Waals surface area (Å²) < 4.78 is 8.43. The van der Waals surface area contributed by atoms with Crippen molar-refractivity contribution in [3.8, 4) is 16.8 Å². The lowest BCUT2D eigenvalue weighted by atomic mass is 10.1. The second-order valence-corrected chi connectivity index (χ2v) is 11.5. The van der Waals surface area contributed by atoms with Crippen LogP contribution >= 0.6 is 0 Å². The summed E-state index contributed by atoms with van der Waals surface area (Å²) in [6.45, 7) is 10.3. The first-order valence-electron chi connectivity index (χ1n) is 16.0. The third-order valence-corrected chi connectivity index (χ3v) is 8.24. The van der Waals surface area contributed by atoms with E-state index in [9.17, 15) is 0 Å². The van der Waals surface area contributed by atoms with Crippen LogP contribution in [0.15, 0.2) is 169 Å². The molecule has 0 aliphatic carbocycles. The summed E-state index contributed by atoms with van der Waals surface area (Å²) in [4.78, 5) is 0. The zero-order valence-corrected chi connectivity index (χ0v) is 27.2. The molecule has 8 aromatic rings. The van der Waals surface area contributed by atoms with Crippen LogP contribution in [0.1, 0.15) is 29.3 Å². The van der Waals surface area contributed by atoms with Gasteiger partial charge in [-0.2, -0.15) is 0 Å². The molecule has 47 heavy (non-hydrogen) atoms. The monoisotopic (exact) mass is 609 g/mol. The maximum Gasteiger partial charge on any atom is 0.138 e. The highest BCUT2D eigenvalue weighted by Gasteiger charge is 2.16. The van der Waals surface area contributed by atoms with Gasteiger partial charge in [-0.1, -0.05) is 152 Å². The van der Waals surface area contributed by atoms with E-state index in [1.54, 1.807) is 0 Å². The van der Waals surface area contributed by atoms with Crippen LogP contribution in [0.25, 0.3) is 61.8 Å². The number of nitrogens with zero attached hydrogens (tertiary/aromatic N) is 1. The van der Waals surface area contributed by atoms with E-state index in [2.05, 4.69) is 158 Å². The van der Waals surface area contributed by atoms with Crippen molar-refractivity contribution in [2.45, 2.75) is 20.8 Å². The third kappa shape index (κ3) is 6.73. The molecule has 0 aliphatic heterocycles. The first-order valence-corrected chi connectivity index (χ1v) is 16.0. The normalized spacial score (nSPS) is 10.9. The molecular weight excluding hydrogens is 571 g/mol. The minimum atomic E-state index is 0.918. The van der Waals surface area contributed by atoms with Crippen LogP contribution in [0.4, 0.5) is 0 Å². The lowest BCUT2D eigenvalue weighted by molar-refractivity contribution is 0.665. The summed E-state index contributed by atoms with van der Waals surface area (Å²) in [5.41, 5.74) is 11.5. The van der Waals surface area contributed by atoms with Crippen LogP contribution in [0.5, 0.6) is 0 Å². The van der Waals surface area contributed by atoms with E-state index in [1.165, 1.54) is 27.6 Å². The van der Waals surface area contributed by atoms with E-state index in [4.69, 9.17) is 4.42 Å². The van der Waals surface area contributed by atoms with Gasteiger partial charge >= 0.3 is 0 Å². The summed E-state index contributed by atoms with van der Waals surface area (Å²) in [5.74, 6) is 0. The molecule has 0 unspecified atom stereocenters. The Morgan fingerprint density at radius 3 is 1.79 bits per heavy atom. The Kier molecular flexibility index (Phi) is 9.60. The lowest BCUT2D eigenvalue weighted by Crippen LogP contribution is -1.96. The van der Waals surface area contributed by atoms with Crippen LogP contribution in [-0.4, -0.2) is 4.57 Å². The number of fused-ring (bicyclic) bond motifs is 4. The highest BCUT2D eigenvalue weighted by atomic mass is 16.3. The molecule has 0 atom stereocenters. The number of furan rings is 1. The molecule has 0 spiro atoms. The predicted octanol–water partition coefficient (Wildman–Crippen LogP) is 12.9. The summed E-state index contributed by atoms with van der Waals surface area (Å²) >= 11 is 0.